The van der Waals surface area contributed by atoms with Gasteiger partial charge >= 0.3 is 0 Å². The molecule has 4 aromatic carbocycles. The standard InChI is InChI=1S/C34H32N2O5/c1-35(20-23-7-3-2-4-8-23)21-28-19-31(25-13-11-24(22-37)12-14-25)41-34(40-28)26-15-17-27(18-16-26)36-32(38)29-9-5-6-10-30(29)33(36)39/h2-18,28,31,34,37H,19-22H2,1H3/t28-,31+,34+/m0/s1. The van der Waals surface area contributed by atoms with Gasteiger partial charge in [-0.05, 0) is 48.0 Å². The normalized spacial score (nSPS) is 20.5. The Labute approximate surface area is 239 Å². The third-order valence-electron chi connectivity index (χ3n) is 7.64. The van der Waals surface area contributed by atoms with Crippen LogP contribution in [0.3, 0.4) is 0 Å². The van der Waals surface area contributed by atoms with Crippen molar-refractivity contribution in [1.29, 1.82) is 0 Å². The highest BCUT2D eigenvalue weighted by atomic mass is 16.7. The van der Waals surface area contributed by atoms with E-state index in [4.69, 9.17) is 9.47 Å². The number of amides is 2. The maximum Gasteiger partial charge on any atom is 0.266 e. The van der Waals surface area contributed by atoms with E-state index in [-0.39, 0.29) is 30.6 Å². The van der Waals surface area contributed by atoms with Crippen molar-refractivity contribution in [3.05, 3.63) is 137 Å². The molecule has 0 unspecified atom stereocenters. The Kier molecular flexibility index (Phi) is 7.76. The number of aliphatic hydroxyl groups excluding tert-OH is 1. The average molecular weight is 549 g/mol. The van der Waals surface area contributed by atoms with Crippen LogP contribution in [0.2, 0.25) is 0 Å². The minimum atomic E-state index is -0.627. The molecule has 4 aromatic rings. The highest BCUT2D eigenvalue weighted by Gasteiger charge is 2.37. The maximum absolute atomic E-state index is 13.0. The Hall–Kier alpha value is -4.14. The fourth-order valence-corrected chi connectivity index (χ4v) is 5.54. The van der Waals surface area contributed by atoms with Crippen LogP contribution < -0.4 is 4.90 Å². The molecule has 7 nitrogen and oxygen atoms in total. The molecule has 0 bridgehead atoms. The van der Waals surface area contributed by atoms with Gasteiger partial charge in [-0.1, -0.05) is 78.9 Å². The smallest absolute Gasteiger partial charge is 0.266 e. The first-order valence-electron chi connectivity index (χ1n) is 13.8. The highest BCUT2D eigenvalue weighted by Crippen LogP contribution is 2.39. The Morgan fingerprint density at radius 1 is 0.756 bits per heavy atom. The molecule has 0 aliphatic carbocycles. The van der Waals surface area contributed by atoms with Gasteiger partial charge in [-0.15, -0.1) is 0 Å². The molecule has 0 aromatic heterocycles. The Bertz CT molecular complexity index is 1490. The molecule has 0 spiro atoms. The zero-order chi connectivity index (χ0) is 28.3. The van der Waals surface area contributed by atoms with Crippen LogP contribution in [0, 0.1) is 0 Å². The van der Waals surface area contributed by atoms with Crippen LogP contribution in [0.25, 0.3) is 0 Å². The third kappa shape index (κ3) is 5.71. The van der Waals surface area contributed by atoms with Gasteiger partial charge in [-0.3, -0.25) is 14.5 Å². The molecule has 1 N–H and O–H groups in total. The number of likely N-dealkylation sites (N-methyl/N-ethyl adjacent to an activating group) is 1. The molecule has 208 valence electrons. The van der Waals surface area contributed by atoms with Crippen molar-refractivity contribution in [2.45, 2.75) is 38.1 Å². The van der Waals surface area contributed by atoms with Gasteiger partial charge in [0.1, 0.15) is 0 Å². The second kappa shape index (κ2) is 11.8. The number of hydrogen-bond acceptors (Lipinski definition) is 6. The molecule has 0 radical (unpaired) electrons. The summed E-state index contributed by atoms with van der Waals surface area (Å²) in [5, 5.41) is 9.47. The minimum Gasteiger partial charge on any atom is -0.392 e. The van der Waals surface area contributed by atoms with Crippen molar-refractivity contribution in [3.63, 3.8) is 0 Å². The zero-order valence-corrected chi connectivity index (χ0v) is 22.9. The summed E-state index contributed by atoms with van der Waals surface area (Å²) in [5.41, 5.74) is 5.24. The van der Waals surface area contributed by atoms with Crippen molar-refractivity contribution in [1.82, 2.24) is 4.90 Å². The predicted octanol–water partition coefficient (Wildman–Crippen LogP) is 5.66. The number of hydrogen-bond donors (Lipinski definition) is 1. The van der Waals surface area contributed by atoms with Gasteiger partial charge < -0.3 is 14.6 Å². The van der Waals surface area contributed by atoms with Gasteiger partial charge in [0.05, 0.1) is 35.6 Å². The predicted molar refractivity (Wildman–Crippen MR) is 155 cm³/mol. The van der Waals surface area contributed by atoms with E-state index in [0.717, 1.165) is 23.2 Å². The Morgan fingerprint density at radius 2 is 1.37 bits per heavy atom. The molecule has 7 heteroatoms. The fourth-order valence-electron chi connectivity index (χ4n) is 5.54. The van der Waals surface area contributed by atoms with Crippen LogP contribution >= 0.6 is 0 Å². The largest absolute Gasteiger partial charge is 0.392 e. The molecule has 2 heterocycles. The summed E-state index contributed by atoms with van der Waals surface area (Å²) >= 11 is 0. The topological polar surface area (TPSA) is 79.3 Å². The molecular formula is C34H32N2O5. The number of aliphatic hydroxyl groups is 1. The number of anilines is 1. The second-order valence-corrected chi connectivity index (χ2v) is 10.6. The molecule has 2 aliphatic rings. The van der Waals surface area contributed by atoms with Crippen LogP contribution in [0.15, 0.2) is 103 Å². The van der Waals surface area contributed by atoms with Crippen molar-refractivity contribution in [2.75, 3.05) is 18.5 Å². The third-order valence-corrected chi connectivity index (χ3v) is 7.64. The van der Waals surface area contributed by atoms with Gasteiger partial charge in [-0.2, -0.15) is 0 Å². The van der Waals surface area contributed by atoms with Gasteiger partial charge in [0.15, 0.2) is 6.29 Å². The average Bonchev–Trinajstić information content (AvgIpc) is 3.27. The number of benzene rings is 4. The number of carbonyl (C=O) groups excluding carboxylic acids is 2. The molecule has 1 saturated heterocycles. The van der Waals surface area contributed by atoms with Crippen molar-refractivity contribution >= 4 is 17.5 Å². The lowest BCUT2D eigenvalue weighted by atomic mass is 9.99. The first-order chi connectivity index (χ1) is 20.0. The molecular weight excluding hydrogens is 516 g/mol. The van der Waals surface area contributed by atoms with Crippen LogP contribution in [0.5, 0.6) is 0 Å². The minimum absolute atomic E-state index is 0.0100. The molecule has 0 saturated carbocycles. The number of imide groups is 1. The summed E-state index contributed by atoms with van der Waals surface area (Å²) in [5.74, 6) is -0.646. The number of carbonyl (C=O) groups is 2. The van der Waals surface area contributed by atoms with Gasteiger partial charge in [0.25, 0.3) is 11.8 Å². The molecule has 1 fully saturated rings. The molecule has 2 amide bonds. The van der Waals surface area contributed by atoms with Gasteiger partial charge in [0, 0.05) is 25.1 Å². The Balaban J connectivity index is 1.22. The lowest BCUT2D eigenvalue weighted by molar-refractivity contribution is -0.252. The molecule has 2 aliphatic heterocycles. The quantitative estimate of drug-likeness (QED) is 0.287. The first-order valence-corrected chi connectivity index (χ1v) is 13.8. The summed E-state index contributed by atoms with van der Waals surface area (Å²) in [6.45, 7) is 1.51. The van der Waals surface area contributed by atoms with Crippen LogP contribution in [0.1, 0.15) is 61.8 Å². The van der Waals surface area contributed by atoms with Crippen LogP contribution in [-0.4, -0.2) is 41.5 Å². The van der Waals surface area contributed by atoms with Crippen LogP contribution in [0.4, 0.5) is 5.69 Å². The number of nitrogens with zero attached hydrogens (tertiary/aromatic N) is 2. The summed E-state index contributed by atoms with van der Waals surface area (Å²) in [6.07, 6.45) is -0.243. The molecule has 41 heavy (non-hydrogen) atoms. The van der Waals surface area contributed by atoms with E-state index in [1.807, 2.05) is 54.6 Å². The van der Waals surface area contributed by atoms with E-state index < -0.39 is 6.29 Å². The first kappa shape index (κ1) is 27.1. The monoisotopic (exact) mass is 548 g/mol. The number of ether oxygens (including phenoxy) is 2. The number of rotatable bonds is 8. The van der Waals surface area contributed by atoms with Crippen molar-refractivity contribution in [3.8, 4) is 0 Å². The van der Waals surface area contributed by atoms with Crippen molar-refractivity contribution < 1.29 is 24.2 Å². The van der Waals surface area contributed by atoms with E-state index in [2.05, 4.69) is 24.1 Å². The maximum atomic E-state index is 13.0. The number of fused-ring (bicyclic) bond motifs is 1. The zero-order valence-electron chi connectivity index (χ0n) is 22.9. The second-order valence-electron chi connectivity index (χ2n) is 10.6. The van der Waals surface area contributed by atoms with E-state index in [0.29, 0.717) is 29.8 Å². The lowest BCUT2D eigenvalue weighted by Gasteiger charge is -2.38. The van der Waals surface area contributed by atoms with Gasteiger partial charge in [-0.25, -0.2) is 4.90 Å². The summed E-state index contributed by atoms with van der Waals surface area (Å²) in [4.78, 5) is 29.4. The lowest BCUT2D eigenvalue weighted by Crippen LogP contribution is -2.37. The summed E-state index contributed by atoms with van der Waals surface area (Å²) < 4.78 is 13.0. The molecule has 6 rings (SSSR count). The fraction of sp³-hybridized carbons (Fsp3) is 0.235. The molecule has 3 atom stereocenters. The summed E-state index contributed by atoms with van der Waals surface area (Å²) in [7, 11) is 2.09. The van der Waals surface area contributed by atoms with Gasteiger partial charge in [0.2, 0.25) is 0 Å². The van der Waals surface area contributed by atoms with E-state index in [1.54, 1.807) is 36.4 Å². The van der Waals surface area contributed by atoms with Crippen LogP contribution in [-0.2, 0) is 22.6 Å². The Morgan fingerprint density at radius 3 is 2.00 bits per heavy atom. The van der Waals surface area contributed by atoms with Crippen molar-refractivity contribution in [2.24, 2.45) is 0 Å². The van der Waals surface area contributed by atoms with E-state index >= 15 is 0 Å². The van der Waals surface area contributed by atoms with E-state index in [9.17, 15) is 14.7 Å². The van der Waals surface area contributed by atoms with E-state index in [1.165, 1.54) is 10.5 Å². The SMILES string of the molecule is CN(Cc1ccccc1)C[C@@H]1C[C@H](c2ccc(CO)cc2)O[C@H](c2ccc(N3C(=O)c4ccccc4C3=O)cc2)O1. The summed E-state index contributed by atoms with van der Waals surface area (Å²) in [6, 6.07) is 32.3. The highest BCUT2D eigenvalue weighted by molar-refractivity contribution is 6.34.